The number of amides is 3. The number of nitrogens with one attached hydrogen (secondary N) is 2. The molecule has 3 amide bonds. The van der Waals surface area contributed by atoms with E-state index in [-0.39, 0.29) is 18.1 Å². The van der Waals surface area contributed by atoms with Crippen molar-refractivity contribution in [3.05, 3.63) is 120 Å². The zero-order valence-electron chi connectivity index (χ0n) is 29.1. The van der Waals surface area contributed by atoms with Crippen LogP contribution in [0, 0.1) is 0 Å². The molecule has 2 unspecified atom stereocenters. The van der Waals surface area contributed by atoms with E-state index in [9.17, 15) is 14.4 Å². The lowest BCUT2D eigenvalue weighted by atomic mass is 9.98. The largest absolute Gasteiger partial charge is 0.444 e. The Morgan fingerprint density at radius 2 is 1.34 bits per heavy atom. The maximum atomic E-state index is 12.2. The van der Waals surface area contributed by atoms with Gasteiger partial charge in [-0.15, -0.1) is 0 Å². The van der Waals surface area contributed by atoms with Crippen molar-refractivity contribution in [2.75, 3.05) is 43.4 Å². The van der Waals surface area contributed by atoms with Crippen molar-refractivity contribution in [1.82, 2.24) is 10.2 Å². The molecule has 6 rings (SSSR count). The van der Waals surface area contributed by atoms with E-state index in [0.717, 1.165) is 30.8 Å². The maximum absolute atomic E-state index is 12.2. The normalized spacial score (nSPS) is 16.8. The molecule has 2 saturated heterocycles. The van der Waals surface area contributed by atoms with Gasteiger partial charge in [0.15, 0.2) is 0 Å². The molecule has 0 bridgehead atoms. The summed E-state index contributed by atoms with van der Waals surface area (Å²) in [5.41, 5.74) is 3.45. The standard InChI is InChI=1S/C22H26N2O4.C18H20N2O2/c1-22(2,3)28-21(26)24-14-13-17(15-24)16-9-11-18(12-10-16)23-20(25)27-19-7-5-4-6-8-19;1-20(18(21)22-17-5-3-2-4-6-17)16-9-7-14(8-10-16)15-11-12-19-13-15/h4-12,17H,13-15H2,1-3H3,(H,23,25);2-10,15,19H,11-13H2,1H3. The van der Waals surface area contributed by atoms with Crippen molar-refractivity contribution in [3.8, 4) is 11.5 Å². The first-order valence-corrected chi connectivity index (χ1v) is 17.0. The number of nitrogens with zero attached hydrogens (tertiary/aromatic N) is 2. The van der Waals surface area contributed by atoms with Crippen LogP contribution in [-0.4, -0.2) is 62.0 Å². The van der Waals surface area contributed by atoms with E-state index in [1.54, 1.807) is 48.3 Å². The van der Waals surface area contributed by atoms with Crippen molar-refractivity contribution in [2.45, 2.75) is 51.0 Å². The van der Waals surface area contributed by atoms with Crippen LogP contribution in [0.1, 0.15) is 56.6 Å². The summed E-state index contributed by atoms with van der Waals surface area (Å²) in [5.74, 6) is 1.88. The molecule has 0 aromatic heterocycles. The van der Waals surface area contributed by atoms with Gasteiger partial charge < -0.3 is 24.4 Å². The Balaban J connectivity index is 0.000000200. The highest BCUT2D eigenvalue weighted by molar-refractivity contribution is 5.88. The SMILES string of the molecule is CC(C)(C)OC(=O)N1CCC(c2ccc(NC(=O)Oc3ccccc3)cc2)C1.CN(C(=O)Oc1ccccc1)c1ccc(C2CCNC2)cc1. The van der Waals surface area contributed by atoms with Crippen molar-refractivity contribution < 1.29 is 28.6 Å². The topological polar surface area (TPSA) is 109 Å². The van der Waals surface area contributed by atoms with Crippen LogP contribution >= 0.6 is 0 Å². The summed E-state index contributed by atoms with van der Waals surface area (Å²) in [6, 6.07) is 33.8. The third-order valence-electron chi connectivity index (χ3n) is 8.46. The summed E-state index contributed by atoms with van der Waals surface area (Å²) in [4.78, 5) is 39.6. The summed E-state index contributed by atoms with van der Waals surface area (Å²) in [7, 11) is 1.72. The van der Waals surface area contributed by atoms with E-state index >= 15 is 0 Å². The lowest BCUT2D eigenvalue weighted by Crippen LogP contribution is -2.35. The molecular formula is C40H46N4O6. The van der Waals surface area contributed by atoms with Crippen LogP contribution in [0.4, 0.5) is 25.8 Å². The van der Waals surface area contributed by atoms with Gasteiger partial charge in [0.2, 0.25) is 0 Å². The molecule has 4 aromatic carbocycles. The van der Waals surface area contributed by atoms with Gasteiger partial charge >= 0.3 is 18.3 Å². The molecule has 10 heteroatoms. The molecular weight excluding hydrogens is 632 g/mol. The van der Waals surface area contributed by atoms with Gasteiger partial charge in [-0.25, -0.2) is 14.4 Å². The van der Waals surface area contributed by atoms with Gasteiger partial charge in [-0.2, -0.15) is 0 Å². The Labute approximate surface area is 294 Å². The minimum Gasteiger partial charge on any atom is -0.444 e. The fourth-order valence-electron chi connectivity index (χ4n) is 5.77. The Kier molecular flexibility index (Phi) is 12.1. The Morgan fingerprint density at radius 3 is 1.92 bits per heavy atom. The maximum Gasteiger partial charge on any atom is 0.419 e. The molecule has 0 radical (unpaired) electrons. The Morgan fingerprint density at radius 1 is 0.760 bits per heavy atom. The summed E-state index contributed by atoms with van der Waals surface area (Å²) in [6.45, 7) is 9.04. The molecule has 4 aromatic rings. The van der Waals surface area contributed by atoms with Gasteiger partial charge in [0.25, 0.3) is 0 Å². The molecule has 0 spiro atoms. The van der Waals surface area contributed by atoms with Gasteiger partial charge in [0.05, 0.1) is 0 Å². The zero-order chi connectivity index (χ0) is 35.5. The molecule has 262 valence electrons. The van der Waals surface area contributed by atoms with Gasteiger partial charge in [-0.3, -0.25) is 10.2 Å². The molecule has 0 saturated carbocycles. The van der Waals surface area contributed by atoms with Crippen LogP contribution in [0.5, 0.6) is 11.5 Å². The van der Waals surface area contributed by atoms with Crippen molar-refractivity contribution in [3.63, 3.8) is 0 Å². The molecule has 2 heterocycles. The van der Waals surface area contributed by atoms with Crippen molar-refractivity contribution >= 4 is 29.7 Å². The number of carbonyl (C=O) groups excluding carboxylic acids is 3. The number of ether oxygens (including phenoxy) is 3. The highest BCUT2D eigenvalue weighted by Gasteiger charge is 2.30. The summed E-state index contributed by atoms with van der Waals surface area (Å²) in [5, 5.41) is 6.08. The van der Waals surface area contributed by atoms with E-state index in [2.05, 4.69) is 22.8 Å². The summed E-state index contributed by atoms with van der Waals surface area (Å²) >= 11 is 0. The van der Waals surface area contributed by atoms with E-state index in [1.165, 1.54) is 16.9 Å². The van der Waals surface area contributed by atoms with Gasteiger partial charge in [-0.05, 0) is 106 Å². The molecule has 50 heavy (non-hydrogen) atoms. The second-order valence-corrected chi connectivity index (χ2v) is 13.4. The van der Waals surface area contributed by atoms with Crippen LogP contribution in [0.15, 0.2) is 109 Å². The third kappa shape index (κ3) is 10.6. The summed E-state index contributed by atoms with van der Waals surface area (Å²) in [6.07, 6.45) is 0.877. The number of likely N-dealkylation sites (tertiary alicyclic amines) is 1. The average molecular weight is 679 g/mol. The minimum atomic E-state index is -0.532. The Bertz CT molecular complexity index is 1690. The lowest BCUT2D eigenvalue weighted by Gasteiger charge is -2.24. The van der Waals surface area contributed by atoms with Crippen LogP contribution in [0.2, 0.25) is 0 Å². The highest BCUT2D eigenvalue weighted by Crippen LogP contribution is 2.29. The van der Waals surface area contributed by atoms with Gasteiger partial charge in [-0.1, -0.05) is 60.7 Å². The van der Waals surface area contributed by atoms with E-state index < -0.39 is 11.7 Å². The van der Waals surface area contributed by atoms with Crippen LogP contribution < -0.4 is 25.0 Å². The molecule has 2 aliphatic heterocycles. The molecule has 2 fully saturated rings. The van der Waals surface area contributed by atoms with Crippen molar-refractivity contribution in [1.29, 1.82) is 0 Å². The van der Waals surface area contributed by atoms with Crippen LogP contribution in [0.25, 0.3) is 0 Å². The first-order chi connectivity index (χ1) is 24.0. The number of anilines is 2. The zero-order valence-corrected chi connectivity index (χ0v) is 29.1. The second-order valence-electron chi connectivity index (χ2n) is 13.4. The highest BCUT2D eigenvalue weighted by atomic mass is 16.6. The summed E-state index contributed by atoms with van der Waals surface area (Å²) < 4.78 is 16.0. The number of hydrogen-bond donors (Lipinski definition) is 2. The average Bonchev–Trinajstić information content (AvgIpc) is 3.83. The first kappa shape index (κ1) is 35.9. The molecule has 2 atom stereocenters. The molecule has 0 aliphatic carbocycles. The smallest absolute Gasteiger partial charge is 0.419 e. The quantitative estimate of drug-likeness (QED) is 0.211. The number of hydrogen-bond acceptors (Lipinski definition) is 7. The van der Waals surface area contributed by atoms with E-state index in [1.807, 2.05) is 81.4 Å². The second kappa shape index (κ2) is 16.8. The molecule has 2 aliphatic rings. The number of rotatable bonds is 6. The molecule has 2 N–H and O–H groups in total. The fourth-order valence-corrected chi connectivity index (χ4v) is 5.77. The monoisotopic (exact) mass is 678 g/mol. The van der Waals surface area contributed by atoms with Crippen LogP contribution in [-0.2, 0) is 4.74 Å². The fraction of sp³-hybridized carbons (Fsp3) is 0.325. The predicted molar refractivity (Wildman–Crippen MR) is 195 cm³/mol. The lowest BCUT2D eigenvalue weighted by molar-refractivity contribution is 0.0292. The van der Waals surface area contributed by atoms with E-state index in [4.69, 9.17) is 14.2 Å². The predicted octanol–water partition coefficient (Wildman–Crippen LogP) is 8.42. The number of para-hydroxylation sites is 2. The third-order valence-corrected chi connectivity index (χ3v) is 8.46. The minimum absolute atomic E-state index is 0.262. The van der Waals surface area contributed by atoms with Crippen LogP contribution in [0.3, 0.4) is 0 Å². The van der Waals surface area contributed by atoms with E-state index in [0.29, 0.717) is 36.2 Å². The van der Waals surface area contributed by atoms with Gasteiger partial charge in [0.1, 0.15) is 17.1 Å². The van der Waals surface area contributed by atoms with Crippen molar-refractivity contribution in [2.24, 2.45) is 0 Å². The number of carbonyl (C=O) groups is 3. The Hall–Kier alpha value is -5.35. The number of benzene rings is 4. The first-order valence-electron chi connectivity index (χ1n) is 17.0. The van der Waals surface area contributed by atoms with Gasteiger partial charge in [0, 0.05) is 44.0 Å². The molecule has 10 nitrogen and oxygen atoms in total.